The predicted octanol–water partition coefficient (Wildman–Crippen LogP) is 5.93. The van der Waals surface area contributed by atoms with E-state index in [1.165, 1.54) is 37.7 Å². The molecule has 10 nitrogen and oxygen atoms in total. The van der Waals surface area contributed by atoms with Gasteiger partial charge in [-0.1, -0.05) is 58.1 Å². The van der Waals surface area contributed by atoms with Crippen molar-refractivity contribution in [2.45, 2.75) is 96.3 Å². The summed E-state index contributed by atoms with van der Waals surface area (Å²) in [7, 11) is 3.32. The summed E-state index contributed by atoms with van der Waals surface area (Å²) in [6, 6.07) is 10.9. The molecule has 0 spiro atoms. The summed E-state index contributed by atoms with van der Waals surface area (Å²) < 4.78 is 15.8. The van der Waals surface area contributed by atoms with Crippen LogP contribution in [-0.2, 0) is 28.2 Å². The van der Waals surface area contributed by atoms with Gasteiger partial charge in [-0.2, -0.15) is 5.21 Å². The minimum atomic E-state index is -0.930. The van der Waals surface area contributed by atoms with E-state index in [-0.39, 0.29) is 0 Å². The third-order valence-electron chi connectivity index (χ3n) is 8.15. The molecule has 3 aromatic heterocycles. The first-order valence-corrected chi connectivity index (χ1v) is 14.7. The molecule has 40 heavy (non-hydrogen) atoms. The molecule has 1 aliphatic carbocycles. The molecular formula is C30H42N8O2. The SMILES string of the molecule is CCCCc1nc(C(CCC)(OC)OC)nn1Cc1ccc(-n2ccc(C3CCCCC3)c2-c2nn[nH]n2)cc1. The van der Waals surface area contributed by atoms with Gasteiger partial charge in [0.05, 0.1) is 12.2 Å². The highest BCUT2D eigenvalue weighted by Crippen LogP contribution is 2.39. The first-order valence-electron chi connectivity index (χ1n) is 14.7. The van der Waals surface area contributed by atoms with Crippen molar-refractivity contribution in [2.75, 3.05) is 14.2 Å². The molecule has 1 saturated carbocycles. The zero-order chi connectivity index (χ0) is 28.0. The molecule has 0 amide bonds. The number of aryl methyl sites for hydroxylation is 1. The second kappa shape index (κ2) is 12.9. The van der Waals surface area contributed by atoms with Gasteiger partial charge in [-0.25, -0.2) is 9.67 Å². The van der Waals surface area contributed by atoms with Crippen LogP contribution in [0.3, 0.4) is 0 Å². The standard InChI is InChI=1S/C30H42N8O2/c1-5-7-13-26-31-29(30(39-3,40-4)19-6-2)34-38(26)21-22-14-16-24(17-15-22)37-20-18-25(23-11-9-8-10-12-23)27(37)28-32-35-36-33-28/h14-18,20,23H,5-13,19,21H2,1-4H3,(H,32,33,35,36). The normalized spacial score (nSPS) is 14.7. The lowest BCUT2D eigenvalue weighted by Crippen LogP contribution is -2.32. The fourth-order valence-electron chi connectivity index (χ4n) is 5.93. The van der Waals surface area contributed by atoms with Crippen LogP contribution < -0.4 is 0 Å². The third kappa shape index (κ3) is 5.74. The molecule has 1 fully saturated rings. The molecule has 1 aliphatic rings. The Kier molecular flexibility index (Phi) is 9.06. The van der Waals surface area contributed by atoms with Crippen LogP contribution in [0.5, 0.6) is 0 Å². The molecule has 4 aromatic rings. The van der Waals surface area contributed by atoms with Gasteiger partial charge in [0.15, 0.2) is 0 Å². The Labute approximate surface area is 236 Å². The van der Waals surface area contributed by atoms with Gasteiger partial charge in [0, 0.05) is 38.9 Å². The topological polar surface area (TPSA) is 109 Å². The molecule has 1 N–H and O–H groups in total. The lowest BCUT2D eigenvalue weighted by molar-refractivity contribution is -0.225. The monoisotopic (exact) mass is 546 g/mol. The number of hydrogen-bond donors (Lipinski definition) is 1. The van der Waals surface area contributed by atoms with Gasteiger partial charge in [-0.05, 0) is 59.7 Å². The van der Waals surface area contributed by atoms with Gasteiger partial charge in [0.25, 0.3) is 0 Å². The highest BCUT2D eigenvalue weighted by Gasteiger charge is 2.36. The zero-order valence-electron chi connectivity index (χ0n) is 24.3. The molecule has 0 saturated heterocycles. The Hall–Kier alpha value is -3.37. The van der Waals surface area contributed by atoms with Crippen molar-refractivity contribution in [3.63, 3.8) is 0 Å². The van der Waals surface area contributed by atoms with Gasteiger partial charge < -0.3 is 14.0 Å². The van der Waals surface area contributed by atoms with E-state index < -0.39 is 5.79 Å². The summed E-state index contributed by atoms with van der Waals surface area (Å²) in [5.41, 5.74) is 4.56. The lowest BCUT2D eigenvalue weighted by atomic mass is 9.84. The summed E-state index contributed by atoms with van der Waals surface area (Å²) >= 11 is 0. The molecule has 0 bridgehead atoms. The third-order valence-corrected chi connectivity index (χ3v) is 8.15. The number of nitrogens with zero attached hydrogens (tertiary/aromatic N) is 7. The first-order chi connectivity index (χ1) is 19.6. The number of tetrazole rings is 1. The molecule has 1 aromatic carbocycles. The fraction of sp³-hybridized carbons (Fsp3) is 0.567. The molecule has 0 unspecified atom stereocenters. The Morgan fingerprint density at radius 1 is 1.00 bits per heavy atom. The van der Waals surface area contributed by atoms with Crippen LogP contribution in [0.2, 0.25) is 0 Å². The molecule has 5 rings (SSSR count). The molecule has 0 atom stereocenters. The van der Waals surface area contributed by atoms with Crippen LogP contribution in [0.25, 0.3) is 17.2 Å². The maximum Gasteiger partial charge on any atom is 0.231 e. The van der Waals surface area contributed by atoms with Crippen LogP contribution in [0.15, 0.2) is 36.5 Å². The molecule has 10 heteroatoms. The second-order valence-corrected chi connectivity index (χ2v) is 10.8. The number of rotatable bonds is 13. The van der Waals surface area contributed by atoms with Crippen molar-refractivity contribution >= 4 is 0 Å². The molecular weight excluding hydrogens is 504 g/mol. The minimum Gasteiger partial charge on any atom is -0.347 e. The second-order valence-electron chi connectivity index (χ2n) is 10.8. The Morgan fingerprint density at radius 3 is 2.42 bits per heavy atom. The summed E-state index contributed by atoms with van der Waals surface area (Å²) in [6.07, 6.45) is 13.0. The van der Waals surface area contributed by atoms with Crippen molar-refractivity contribution in [1.82, 2.24) is 40.0 Å². The number of unbranched alkanes of at least 4 members (excludes halogenated alkanes) is 1. The average Bonchev–Trinajstić information content (AvgIpc) is 3.76. The van der Waals surface area contributed by atoms with Gasteiger partial charge in [0.1, 0.15) is 5.82 Å². The van der Waals surface area contributed by atoms with E-state index in [0.717, 1.165) is 48.5 Å². The summed E-state index contributed by atoms with van der Waals surface area (Å²) in [4.78, 5) is 4.90. The smallest absolute Gasteiger partial charge is 0.231 e. The number of H-pyrrole nitrogens is 1. The minimum absolute atomic E-state index is 0.532. The number of methoxy groups -OCH3 is 2. The number of hydrogen-bond acceptors (Lipinski definition) is 7. The Bertz CT molecular complexity index is 1330. The van der Waals surface area contributed by atoms with Crippen LogP contribution in [0, 0.1) is 0 Å². The average molecular weight is 547 g/mol. The van der Waals surface area contributed by atoms with E-state index in [1.807, 2.05) is 4.68 Å². The van der Waals surface area contributed by atoms with E-state index in [2.05, 4.69) is 75.6 Å². The fourth-order valence-corrected chi connectivity index (χ4v) is 5.93. The number of aromatic nitrogens is 8. The van der Waals surface area contributed by atoms with E-state index in [1.54, 1.807) is 14.2 Å². The highest BCUT2D eigenvalue weighted by atomic mass is 16.7. The van der Waals surface area contributed by atoms with Gasteiger partial charge in [-0.15, -0.1) is 15.3 Å². The van der Waals surface area contributed by atoms with Crippen molar-refractivity contribution in [3.05, 3.63) is 59.3 Å². The van der Waals surface area contributed by atoms with Crippen LogP contribution in [0.4, 0.5) is 0 Å². The van der Waals surface area contributed by atoms with E-state index >= 15 is 0 Å². The Morgan fingerprint density at radius 2 is 1.77 bits per heavy atom. The maximum absolute atomic E-state index is 5.81. The van der Waals surface area contributed by atoms with Gasteiger partial charge in [0.2, 0.25) is 17.4 Å². The first kappa shape index (κ1) is 28.2. The molecule has 0 aliphatic heterocycles. The number of nitrogens with one attached hydrogen (secondary N) is 1. The van der Waals surface area contributed by atoms with Crippen molar-refractivity contribution in [1.29, 1.82) is 0 Å². The van der Waals surface area contributed by atoms with Crippen LogP contribution >= 0.6 is 0 Å². The van der Waals surface area contributed by atoms with Crippen LogP contribution in [0.1, 0.15) is 100 Å². The van der Waals surface area contributed by atoms with Crippen molar-refractivity contribution in [2.24, 2.45) is 0 Å². The van der Waals surface area contributed by atoms with E-state index in [9.17, 15) is 0 Å². The molecule has 214 valence electrons. The van der Waals surface area contributed by atoms with Crippen molar-refractivity contribution in [3.8, 4) is 17.2 Å². The lowest BCUT2D eigenvalue weighted by Gasteiger charge is -2.27. The summed E-state index contributed by atoms with van der Waals surface area (Å²) in [6.45, 7) is 4.92. The maximum atomic E-state index is 5.81. The Balaban J connectivity index is 1.43. The number of aromatic amines is 1. The van der Waals surface area contributed by atoms with Gasteiger partial charge >= 0.3 is 0 Å². The van der Waals surface area contributed by atoms with Gasteiger partial charge in [-0.3, -0.25) is 0 Å². The quantitative estimate of drug-likeness (QED) is 0.207. The van der Waals surface area contributed by atoms with E-state index in [0.29, 0.717) is 30.5 Å². The largest absolute Gasteiger partial charge is 0.347 e. The molecule has 0 radical (unpaired) electrons. The summed E-state index contributed by atoms with van der Waals surface area (Å²) in [5, 5.41) is 20.1. The van der Waals surface area contributed by atoms with Crippen LogP contribution in [-0.4, -0.2) is 54.2 Å². The highest BCUT2D eigenvalue weighted by molar-refractivity contribution is 5.61. The number of ether oxygens (including phenoxy) is 2. The summed E-state index contributed by atoms with van der Waals surface area (Å²) in [5.74, 6) is 1.79. The predicted molar refractivity (Wildman–Crippen MR) is 153 cm³/mol. The number of benzene rings is 1. The molecule has 3 heterocycles. The zero-order valence-corrected chi connectivity index (χ0v) is 24.3. The van der Waals surface area contributed by atoms with E-state index in [4.69, 9.17) is 19.6 Å². The van der Waals surface area contributed by atoms with Crippen molar-refractivity contribution < 1.29 is 9.47 Å².